The van der Waals surface area contributed by atoms with Gasteiger partial charge in [0.05, 0.1) is 14.2 Å². The van der Waals surface area contributed by atoms with Gasteiger partial charge in [-0.3, -0.25) is 4.98 Å². The van der Waals surface area contributed by atoms with E-state index in [0.717, 1.165) is 16.3 Å². The minimum absolute atomic E-state index is 0.0602. The average molecular weight is 309 g/mol. The van der Waals surface area contributed by atoms with Crippen LogP contribution >= 0.6 is 0 Å². The van der Waals surface area contributed by atoms with Crippen LogP contribution in [0.3, 0.4) is 0 Å². The molecule has 0 saturated heterocycles. The number of nitrogens with zero attached hydrogens (tertiary/aromatic N) is 1. The zero-order chi connectivity index (χ0) is 16.4. The van der Waals surface area contributed by atoms with Crippen molar-refractivity contribution in [3.8, 4) is 22.6 Å². The van der Waals surface area contributed by atoms with Gasteiger partial charge in [0.2, 0.25) is 0 Å². The largest absolute Gasteiger partial charge is 0.493 e. The number of hydrogen-bond donors (Lipinski definition) is 1. The number of ether oxygens (including phenoxy) is 2. The summed E-state index contributed by atoms with van der Waals surface area (Å²) in [7, 11) is 2.90. The first kappa shape index (κ1) is 14.8. The number of carbonyl (C=O) groups is 1. The van der Waals surface area contributed by atoms with Gasteiger partial charge in [0.15, 0.2) is 11.5 Å². The summed E-state index contributed by atoms with van der Waals surface area (Å²) < 4.78 is 10.5. The van der Waals surface area contributed by atoms with Crippen molar-refractivity contribution in [1.29, 1.82) is 0 Å². The number of aromatic carboxylic acids is 1. The molecule has 3 aromatic rings. The Kier molecular flexibility index (Phi) is 3.85. The Balaban J connectivity index is 2.37. The van der Waals surface area contributed by atoms with Crippen molar-refractivity contribution >= 4 is 16.7 Å². The van der Waals surface area contributed by atoms with E-state index in [-0.39, 0.29) is 11.3 Å². The minimum atomic E-state index is -1.08. The highest BCUT2D eigenvalue weighted by Gasteiger charge is 2.22. The molecule has 0 saturated carbocycles. The molecule has 0 amide bonds. The lowest BCUT2D eigenvalue weighted by atomic mass is 9.95. The lowest BCUT2D eigenvalue weighted by Crippen LogP contribution is -2.05. The fraction of sp³-hybridized carbons (Fsp3) is 0.111. The highest BCUT2D eigenvalue weighted by molar-refractivity contribution is 6.05. The Labute approximate surface area is 133 Å². The molecule has 5 heteroatoms. The van der Waals surface area contributed by atoms with Gasteiger partial charge >= 0.3 is 5.97 Å². The third kappa shape index (κ3) is 2.46. The van der Waals surface area contributed by atoms with Crippen LogP contribution in [0.1, 0.15) is 10.4 Å². The molecule has 2 aromatic carbocycles. The normalized spacial score (nSPS) is 10.5. The number of carboxylic acids is 1. The topological polar surface area (TPSA) is 68.7 Å². The predicted molar refractivity (Wildman–Crippen MR) is 87.2 cm³/mol. The van der Waals surface area contributed by atoms with Gasteiger partial charge in [-0.15, -0.1) is 0 Å². The molecule has 5 nitrogen and oxygen atoms in total. The van der Waals surface area contributed by atoms with Crippen LogP contribution in [0.5, 0.6) is 11.5 Å². The summed E-state index contributed by atoms with van der Waals surface area (Å²) in [5.74, 6) is -0.504. The van der Waals surface area contributed by atoms with E-state index in [1.165, 1.54) is 14.2 Å². The molecule has 3 rings (SSSR count). The van der Waals surface area contributed by atoms with E-state index in [4.69, 9.17) is 9.47 Å². The Morgan fingerprint density at radius 3 is 2.48 bits per heavy atom. The zero-order valence-corrected chi connectivity index (χ0v) is 12.7. The molecule has 0 spiro atoms. The highest BCUT2D eigenvalue weighted by Crippen LogP contribution is 2.39. The minimum Gasteiger partial charge on any atom is -0.493 e. The van der Waals surface area contributed by atoms with Gasteiger partial charge in [-0.1, -0.05) is 24.3 Å². The summed E-state index contributed by atoms with van der Waals surface area (Å²) >= 11 is 0. The number of hydrogen-bond acceptors (Lipinski definition) is 4. The van der Waals surface area contributed by atoms with Crippen molar-refractivity contribution in [3.05, 3.63) is 54.4 Å². The van der Waals surface area contributed by atoms with Crippen LogP contribution in [0.25, 0.3) is 21.9 Å². The lowest BCUT2D eigenvalue weighted by molar-refractivity contribution is 0.0693. The lowest BCUT2D eigenvalue weighted by Gasteiger charge is -2.15. The molecule has 0 aliphatic heterocycles. The molecule has 1 heterocycles. The molecule has 0 radical (unpaired) electrons. The van der Waals surface area contributed by atoms with E-state index in [0.29, 0.717) is 11.3 Å². The van der Waals surface area contributed by atoms with Gasteiger partial charge in [-0.25, -0.2) is 4.79 Å². The maximum atomic E-state index is 11.8. The van der Waals surface area contributed by atoms with Crippen molar-refractivity contribution in [2.75, 3.05) is 14.2 Å². The molecule has 0 atom stereocenters. The molecule has 23 heavy (non-hydrogen) atoms. The van der Waals surface area contributed by atoms with Crippen molar-refractivity contribution < 1.29 is 19.4 Å². The van der Waals surface area contributed by atoms with Crippen LogP contribution in [0.2, 0.25) is 0 Å². The van der Waals surface area contributed by atoms with Crippen LogP contribution in [0, 0.1) is 0 Å². The molecule has 0 aliphatic carbocycles. The maximum absolute atomic E-state index is 11.8. The van der Waals surface area contributed by atoms with Crippen LogP contribution < -0.4 is 9.47 Å². The van der Waals surface area contributed by atoms with Gasteiger partial charge in [0.25, 0.3) is 0 Å². The summed E-state index contributed by atoms with van der Waals surface area (Å²) in [6, 6.07) is 11.1. The van der Waals surface area contributed by atoms with E-state index < -0.39 is 5.97 Å². The molecule has 0 bridgehead atoms. The van der Waals surface area contributed by atoms with Gasteiger partial charge in [-0.05, 0) is 17.5 Å². The zero-order valence-electron chi connectivity index (χ0n) is 12.7. The quantitative estimate of drug-likeness (QED) is 0.797. The first-order valence-electron chi connectivity index (χ1n) is 6.98. The molecule has 0 fully saturated rings. The molecule has 1 aromatic heterocycles. The number of rotatable bonds is 4. The number of benzene rings is 2. The Morgan fingerprint density at radius 1 is 1.00 bits per heavy atom. The monoisotopic (exact) mass is 309 g/mol. The van der Waals surface area contributed by atoms with Crippen LogP contribution in [-0.2, 0) is 0 Å². The molecule has 0 aliphatic rings. The fourth-order valence-corrected chi connectivity index (χ4v) is 2.69. The van der Waals surface area contributed by atoms with Crippen molar-refractivity contribution in [2.24, 2.45) is 0 Å². The molecule has 116 valence electrons. The van der Waals surface area contributed by atoms with E-state index in [1.54, 1.807) is 24.5 Å². The maximum Gasteiger partial charge on any atom is 0.340 e. The van der Waals surface area contributed by atoms with Gasteiger partial charge < -0.3 is 14.6 Å². The summed E-state index contributed by atoms with van der Waals surface area (Å²) in [6.07, 6.45) is 3.41. The molecule has 0 unspecified atom stereocenters. The van der Waals surface area contributed by atoms with Gasteiger partial charge in [0.1, 0.15) is 5.56 Å². The second kappa shape index (κ2) is 5.96. The van der Waals surface area contributed by atoms with Crippen LogP contribution in [0.15, 0.2) is 48.8 Å². The highest BCUT2D eigenvalue weighted by atomic mass is 16.5. The molecular formula is C18H15NO4. The average Bonchev–Trinajstić information content (AvgIpc) is 2.59. The Morgan fingerprint density at radius 2 is 1.78 bits per heavy atom. The molecule has 1 N–H and O–H groups in total. The number of fused-ring (bicyclic) bond motifs is 1. The Hall–Kier alpha value is -3.08. The van der Waals surface area contributed by atoms with E-state index >= 15 is 0 Å². The van der Waals surface area contributed by atoms with E-state index in [2.05, 4.69) is 4.98 Å². The third-order valence-corrected chi connectivity index (χ3v) is 3.72. The number of pyridine rings is 1. The first-order valence-corrected chi connectivity index (χ1v) is 6.98. The summed E-state index contributed by atoms with van der Waals surface area (Å²) in [4.78, 5) is 16.0. The van der Waals surface area contributed by atoms with Crippen molar-refractivity contribution in [2.45, 2.75) is 0 Å². The Bertz CT molecular complexity index is 884. The first-order chi connectivity index (χ1) is 11.2. The number of carboxylic acid groups (broad SMARTS) is 1. The standard InChI is InChI=1S/C18H15NO4/c1-22-15-8-7-13(16(18(20)21)17(15)23-2)14-10-19-9-11-5-3-4-6-12(11)14/h3-10H,1-2H3,(H,20,21). The predicted octanol–water partition coefficient (Wildman–Crippen LogP) is 3.62. The van der Waals surface area contributed by atoms with Crippen LogP contribution in [0.4, 0.5) is 0 Å². The van der Waals surface area contributed by atoms with E-state index in [1.807, 2.05) is 24.3 Å². The second-order valence-corrected chi connectivity index (χ2v) is 4.94. The third-order valence-electron chi connectivity index (χ3n) is 3.72. The molecular weight excluding hydrogens is 294 g/mol. The van der Waals surface area contributed by atoms with Crippen LogP contribution in [-0.4, -0.2) is 30.3 Å². The van der Waals surface area contributed by atoms with Gasteiger partial charge in [0, 0.05) is 28.9 Å². The summed E-state index contributed by atoms with van der Waals surface area (Å²) in [6.45, 7) is 0. The second-order valence-electron chi connectivity index (χ2n) is 4.94. The summed E-state index contributed by atoms with van der Waals surface area (Å²) in [5, 5.41) is 11.5. The fourth-order valence-electron chi connectivity index (χ4n) is 2.69. The smallest absolute Gasteiger partial charge is 0.340 e. The van der Waals surface area contributed by atoms with Crippen molar-refractivity contribution in [3.63, 3.8) is 0 Å². The SMILES string of the molecule is COc1ccc(-c2cncc3ccccc23)c(C(=O)O)c1OC. The van der Waals surface area contributed by atoms with Crippen molar-refractivity contribution in [1.82, 2.24) is 4.98 Å². The number of methoxy groups -OCH3 is 2. The van der Waals surface area contributed by atoms with E-state index in [9.17, 15) is 9.90 Å². The summed E-state index contributed by atoms with van der Waals surface area (Å²) in [5.41, 5.74) is 1.34. The van der Waals surface area contributed by atoms with Gasteiger partial charge in [-0.2, -0.15) is 0 Å². The number of aromatic nitrogens is 1.